The van der Waals surface area contributed by atoms with Gasteiger partial charge in [-0.15, -0.1) is 24.0 Å². The Bertz CT molecular complexity index is 508. The summed E-state index contributed by atoms with van der Waals surface area (Å²) in [4.78, 5) is 4.43. The highest BCUT2D eigenvalue weighted by molar-refractivity contribution is 14.0. The van der Waals surface area contributed by atoms with Gasteiger partial charge in [0.05, 0.1) is 24.0 Å². The summed E-state index contributed by atoms with van der Waals surface area (Å²) < 4.78 is 37.7. The average molecular weight is 506 g/mol. The first-order chi connectivity index (χ1) is 11.8. The molecule has 0 saturated carbocycles. The van der Waals surface area contributed by atoms with Crippen LogP contribution in [0.2, 0.25) is 0 Å². The maximum absolute atomic E-state index is 12.1. The van der Waals surface area contributed by atoms with Crippen LogP contribution in [-0.4, -0.2) is 71.7 Å². The zero-order chi connectivity index (χ0) is 18.8. The highest BCUT2D eigenvalue weighted by Crippen LogP contribution is 2.11. The molecule has 3 N–H and O–H groups in total. The Labute approximate surface area is 175 Å². The van der Waals surface area contributed by atoms with Gasteiger partial charge in [-0.3, -0.25) is 4.99 Å². The Hall–Kier alpha value is -0.170. The smallest absolute Gasteiger partial charge is 0.213 e. The molecule has 0 aromatic heterocycles. The van der Waals surface area contributed by atoms with E-state index in [1.165, 1.54) is 0 Å². The van der Waals surface area contributed by atoms with E-state index in [1.807, 2.05) is 20.8 Å². The molecule has 0 bridgehead atoms. The van der Waals surface area contributed by atoms with Crippen molar-refractivity contribution in [3.05, 3.63) is 0 Å². The summed E-state index contributed by atoms with van der Waals surface area (Å²) in [6.45, 7) is 8.36. The summed E-state index contributed by atoms with van der Waals surface area (Å²) >= 11 is 0. The molecule has 0 radical (unpaired) electrons. The molecule has 0 aromatic carbocycles. The minimum absolute atomic E-state index is 0. The topological polar surface area (TPSA) is 101 Å². The lowest BCUT2D eigenvalue weighted by molar-refractivity contribution is 0.0200. The Morgan fingerprint density at radius 2 is 2.04 bits per heavy atom. The van der Waals surface area contributed by atoms with E-state index < -0.39 is 10.0 Å². The van der Waals surface area contributed by atoms with Gasteiger partial charge < -0.3 is 20.1 Å². The number of hydrogen-bond donors (Lipinski definition) is 3. The molecule has 1 saturated heterocycles. The summed E-state index contributed by atoms with van der Waals surface area (Å²) in [5.74, 6) is 0.566. The maximum atomic E-state index is 12.1. The molecule has 156 valence electrons. The van der Waals surface area contributed by atoms with Crippen LogP contribution in [0.25, 0.3) is 0 Å². The molecule has 1 aliphatic rings. The third kappa shape index (κ3) is 11.5. The molecule has 1 unspecified atom stereocenters. The molecule has 1 aliphatic heterocycles. The summed E-state index contributed by atoms with van der Waals surface area (Å²) in [7, 11) is -1.70. The fraction of sp³-hybridized carbons (Fsp3) is 0.938. The predicted octanol–water partition coefficient (Wildman–Crippen LogP) is 1.07. The summed E-state index contributed by atoms with van der Waals surface area (Å²) in [6.07, 6.45) is 3.05. The number of aliphatic imine (C=N–C) groups is 1. The van der Waals surface area contributed by atoms with Gasteiger partial charge in [0, 0.05) is 33.4 Å². The summed E-state index contributed by atoms with van der Waals surface area (Å²) in [5, 5.41) is 6.14. The van der Waals surface area contributed by atoms with Crippen molar-refractivity contribution in [3.63, 3.8) is 0 Å². The van der Waals surface area contributed by atoms with Gasteiger partial charge in [0.2, 0.25) is 10.0 Å². The van der Waals surface area contributed by atoms with Gasteiger partial charge in [-0.2, -0.15) is 0 Å². The first-order valence-corrected chi connectivity index (χ1v) is 10.6. The summed E-state index contributed by atoms with van der Waals surface area (Å²) in [6, 6.07) is 0. The molecule has 0 spiro atoms. The number of methoxy groups -OCH3 is 1. The number of rotatable bonds is 10. The second-order valence-corrected chi connectivity index (χ2v) is 8.67. The maximum Gasteiger partial charge on any atom is 0.213 e. The van der Waals surface area contributed by atoms with Gasteiger partial charge in [-0.25, -0.2) is 13.1 Å². The highest BCUT2D eigenvalue weighted by atomic mass is 127. The van der Waals surface area contributed by atoms with Crippen LogP contribution >= 0.6 is 24.0 Å². The zero-order valence-electron chi connectivity index (χ0n) is 16.3. The second kappa shape index (κ2) is 13.1. The molecule has 1 fully saturated rings. The second-order valence-electron chi connectivity index (χ2n) is 6.74. The van der Waals surface area contributed by atoms with Crippen LogP contribution in [0.5, 0.6) is 0 Å². The molecule has 26 heavy (non-hydrogen) atoms. The molecule has 10 heteroatoms. The van der Waals surface area contributed by atoms with Crippen molar-refractivity contribution in [1.29, 1.82) is 0 Å². The van der Waals surface area contributed by atoms with Gasteiger partial charge in [-0.1, -0.05) is 0 Å². The van der Waals surface area contributed by atoms with Crippen molar-refractivity contribution >= 4 is 40.0 Å². The number of guanidine groups is 1. The first-order valence-electron chi connectivity index (χ1n) is 8.94. The third-order valence-electron chi connectivity index (χ3n) is 3.98. The van der Waals surface area contributed by atoms with E-state index in [0.29, 0.717) is 32.2 Å². The van der Waals surface area contributed by atoms with Crippen molar-refractivity contribution in [3.8, 4) is 0 Å². The van der Waals surface area contributed by atoms with E-state index in [1.54, 1.807) is 7.11 Å². The fourth-order valence-corrected chi connectivity index (χ4v) is 3.19. The fourth-order valence-electron chi connectivity index (χ4n) is 2.24. The lowest BCUT2D eigenvalue weighted by Gasteiger charge is -2.23. The molecule has 1 rings (SSSR count). The Morgan fingerprint density at radius 1 is 1.31 bits per heavy atom. The molecular weight excluding hydrogens is 471 g/mol. The van der Waals surface area contributed by atoms with Gasteiger partial charge in [0.15, 0.2) is 5.96 Å². The number of hydrogen-bond acceptors (Lipinski definition) is 5. The quantitative estimate of drug-likeness (QED) is 0.233. The van der Waals surface area contributed by atoms with E-state index in [2.05, 4.69) is 20.3 Å². The van der Waals surface area contributed by atoms with Crippen LogP contribution in [0.4, 0.5) is 0 Å². The normalized spacial score (nSPS) is 18.9. The molecule has 0 aromatic rings. The molecule has 1 atom stereocenters. The van der Waals surface area contributed by atoms with E-state index in [0.717, 1.165) is 19.3 Å². The summed E-state index contributed by atoms with van der Waals surface area (Å²) in [5.41, 5.74) is -0.365. The minimum Gasteiger partial charge on any atom is -0.377 e. The Kier molecular flexibility index (Phi) is 13.0. The van der Waals surface area contributed by atoms with Crippen molar-refractivity contribution in [2.24, 2.45) is 4.99 Å². The molecule has 0 aliphatic carbocycles. The van der Waals surface area contributed by atoms with Crippen molar-refractivity contribution in [2.75, 3.05) is 45.6 Å². The van der Waals surface area contributed by atoms with E-state index in [-0.39, 0.29) is 48.0 Å². The molecule has 0 amide bonds. The van der Waals surface area contributed by atoms with Crippen LogP contribution in [-0.2, 0) is 19.5 Å². The van der Waals surface area contributed by atoms with Crippen LogP contribution in [0.3, 0.4) is 0 Å². The number of nitrogens with zero attached hydrogens (tertiary/aromatic N) is 1. The van der Waals surface area contributed by atoms with Crippen LogP contribution in [0, 0.1) is 0 Å². The molecule has 8 nitrogen and oxygen atoms in total. The number of nitrogens with one attached hydrogen (secondary N) is 3. The predicted molar refractivity (Wildman–Crippen MR) is 116 cm³/mol. The lowest BCUT2D eigenvalue weighted by Crippen LogP contribution is -2.43. The Balaban J connectivity index is 0.00000625. The molecule has 1 heterocycles. The monoisotopic (exact) mass is 506 g/mol. The van der Waals surface area contributed by atoms with E-state index in [4.69, 9.17) is 9.47 Å². The number of halogens is 1. The zero-order valence-corrected chi connectivity index (χ0v) is 19.5. The first kappa shape index (κ1) is 25.8. The van der Waals surface area contributed by atoms with Gasteiger partial charge in [0.1, 0.15) is 0 Å². The lowest BCUT2D eigenvalue weighted by atomic mass is 10.1. The van der Waals surface area contributed by atoms with Gasteiger partial charge in [0.25, 0.3) is 0 Å². The van der Waals surface area contributed by atoms with Gasteiger partial charge >= 0.3 is 0 Å². The van der Waals surface area contributed by atoms with E-state index in [9.17, 15) is 8.42 Å². The largest absolute Gasteiger partial charge is 0.377 e. The minimum atomic E-state index is -3.34. The van der Waals surface area contributed by atoms with Crippen LogP contribution < -0.4 is 15.4 Å². The molecular formula is C16H35IN4O4S. The number of sulfonamides is 1. The third-order valence-corrected chi connectivity index (χ3v) is 5.33. The highest BCUT2D eigenvalue weighted by Gasteiger charge is 2.18. The Morgan fingerprint density at radius 3 is 2.62 bits per heavy atom. The van der Waals surface area contributed by atoms with Crippen molar-refractivity contribution in [1.82, 2.24) is 15.4 Å². The van der Waals surface area contributed by atoms with Crippen LogP contribution in [0.1, 0.15) is 40.0 Å². The van der Waals surface area contributed by atoms with E-state index >= 15 is 0 Å². The van der Waals surface area contributed by atoms with Crippen molar-refractivity contribution in [2.45, 2.75) is 51.7 Å². The van der Waals surface area contributed by atoms with Crippen molar-refractivity contribution < 1.29 is 17.9 Å². The SMILES string of the molecule is CCNC(=NCC(C)(C)OC)NCCS(=O)(=O)NCC1CCCCO1.I. The van der Waals surface area contributed by atoms with Crippen LogP contribution in [0.15, 0.2) is 4.99 Å². The number of ether oxygens (including phenoxy) is 2. The van der Waals surface area contributed by atoms with Gasteiger partial charge in [-0.05, 0) is 40.0 Å². The standard InChI is InChI=1S/C16H34N4O4S.HI/c1-5-17-15(19-13-16(2,3)23-4)18-9-11-25(21,22)20-12-14-8-6-7-10-24-14;/h14,20H,5-13H2,1-4H3,(H2,17,18,19);1H. The average Bonchev–Trinajstić information content (AvgIpc) is 2.59.